The van der Waals surface area contributed by atoms with Crippen LogP contribution in [0.5, 0.6) is 0 Å². The molecule has 4 aromatic rings. The highest BCUT2D eigenvalue weighted by molar-refractivity contribution is 7.70. The number of furan rings is 1. The molecular formula is C19H18NO7P2+. The maximum absolute atomic E-state index is 11.5. The van der Waals surface area contributed by atoms with Crippen molar-refractivity contribution in [3.8, 4) is 11.1 Å². The van der Waals surface area contributed by atoms with Crippen molar-refractivity contribution in [2.24, 2.45) is 0 Å². The Morgan fingerprint density at radius 2 is 1.41 bits per heavy atom. The number of rotatable bonds is 5. The molecule has 0 bridgehead atoms. The van der Waals surface area contributed by atoms with Crippen LogP contribution < -0.4 is 4.57 Å². The van der Waals surface area contributed by atoms with Crippen LogP contribution in [-0.2, 0) is 15.7 Å². The molecule has 0 aliphatic rings. The number of hydrogen-bond acceptors (Lipinski definition) is 3. The van der Waals surface area contributed by atoms with Crippen LogP contribution in [0.25, 0.3) is 33.1 Å². The van der Waals surface area contributed by atoms with E-state index in [1.165, 1.54) is 17.0 Å². The lowest BCUT2D eigenvalue weighted by Gasteiger charge is -2.16. The summed E-state index contributed by atoms with van der Waals surface area (Å²) < 4.78 is 30.1. The highest BCUT2D eigenvalue weighted by Gasteiger charge is 2.46. The highest BCUT2D eigenvalue weighted by Crippen LogP contribution is 2.59. The number of para-hydroxylation sites is 1. The second-order valence-electron chi connectivity index (χ2n) is 6.75. The van der Waals surface area contributed by atoms with Gasteiger partial charge >= 0.3 is 15.2 Å². The minimum absolute atomic E-state index is 0.500. The second-order valence-corrected chi connectivity index (χ2v) is 10.8. The number of hydrogen-bond donors (Lipinski definition) is 4. The molecule has 2 heterocycles. The Bertz CT molecular complexity index is 1270. The van der Waals surface area contributed by atoms with Gasteiger partial charge in [-0.15, -0.1) is 0 Å². The van der Waals surface area contributed by atoms with Crippen LogP contribution in [0, 0.1) is 0 Å². The molecule has 2 aromatic carbocycles. The second kappa shape index (κ2) is 7.18. The van der Waals surface area contributed by atoms with Crippen molar-refractivity contribution >= 4 is 37.1 Å². The fourth-order valence-electron chi connectivity index (χ4n) is 3.27. The van der Waals surface area contributed by atoms with Crippen LogP contribution in [0.15, 0.2) is 71.4 Å². The lowest BCUT2D eigenvalue weighted by atomic mass is 10.0. The molecular weight excluding hydrogens is 416 g/mol. The predicted octanol–water partition coefficient (Wildman–Crippen LogP) is 3.22. The zero-order valence-electron chi connectivity index (χ0n) is 15.0. The van der Waals surface area contributed by atoms with E-state index < -0.39 is 27.1 Å². The van der Waals surface area contributed by atoms with Crippen molar-refractivity contribution in [3.63, 3.8) is 0 Å². The SMILES string of the molecule is O=P(O)(O)C(C[n+]1ccc(-c2ccc3oc4ccccc4c3c2)cc1)P(=O)(O)O. The first-order valence-electron chi connectivity index (χ1n) is 8.64. The van der Waals surface area contributed by atoms with E-state index in [1.54, 1.807) is 12.1 Å². The molecule has 0 fully saturated rings. The largest absolute Gasteiger partial charge is 0.456 e. The van der Waals surface area contributed by atoms with E-state index in [9.17, 15) is 28.7 Å². The lowest BCUT2D eigenvalue weighted by Crippen LogP contribution is -2.39. The van der Waals surface area contributed by atoms with Crippen LogP contribution in [0.3, 0.4) is 0 Å². The van der Waals surface area contributed by atoms with E-state index in [0.717, 1.165) is 33.1 Å². The first-order valence-corrected chi connectivity index (χ1v) is 12.0. The highest BCUT2D eigenvalue weighted by atomic mass is 31.2. The first kappa shape index (κ1) is 20.0. The zero-order chi connectivity index (χ0) is 20.8. The smallest absolute Gasteiger partial charge is 0.347 e. The van der Waals surface area contributed by atoms with Gasteiger partial charge in [0.2, 0.25) is 5.40 Å². The molecule has 10 heteroatoms. The fourth-order valence-corrected chi connectivity index (χ4v) is 5.64. The summed E-state index contributed by atoms with van der Waals surface area (Å²) in [5.74, 6) is 0. The van der Waals surface area contributed by atoms with Gasteiger partial charge in [0.25, 0.3) is 0 Å². The molecule has 0 unspecified atom stereocenters. The molecule has 0 saturated carbocycles. The van der Waals surface area contributed by atoms with Crippen molar-refractivity contribution < 1.29 is 37.7 Å². The summed E-state index contributed by atoms with van der Waals surface area (Å²) in [5.41, 5.74) is 3.33. The van der Waals surface area contributed by atoms with Crippen LogP contribution in [0.4, 0.5) is 0 Å². The van der Waals surface area contributed by atoms with Crippen LogP contribution in [0.1, 0.15) is 0 Å². The summed E-state index contributed by atoms with van der Waals surface area (Å²) in [6.07, 6.45) is 3.07. The molecule has 0 aliphatic heterocycles. The van der Waals surface area contributed by atoms with Crippen molar-refractivity contribution in [1.82, 2.24) is 0 Å². The maximum Gasteiger partial charge on any atom is 0.347 e. The normalized spacial score (nSPS) is 12.9. The van der Waals surface area contributed by atoms with Gasteiger partial charge in [0.05, 0.1) is 0 Å². The first-order chi connectivity index (χ1) is 13.6. The monoisotopic (exact) mass is 434 g/mol. The van der Waals surface area contributed by atoms with E-state index in [4.69, 9.17) is 4.42 Å². The molecule has 0 amide bonds. The summed E-state index contributed by atoms with van der Waals surface area (Å²) in [6.45, 7) is -0.500. The maximum atomic E-state index is 11.5. The summed E-state index contributed by atoms with van der Waals surface area (Å²) in [7, 11) is -9.94. The fraction of sp³-hybridized carbons (Fsp3) is 0.105. The third kappa shape index (κ3) is 4.05. The minimum Gasteiger partial charge on any atom is -0.456 e. The number of benzene rings is 2. The summed E-state index contributed by atoms with van der Waals surface area (Å²) in [6, 6.07) is 16.9. The zero-order valence-corrected chi connectivity index (χ0v) is 16.8. The number of nitrogens with zero attached hydrogens (tertiary/aromatic N) is 1. The van der Waals surface area contributed by atoms with Gasteiger partial charge in [-0.1, -0.05) is 24.3 Å². The lowest BCUT2D eigenvalue weighted by molar-refractivity contribution is -0.694. The van der Waals surface area contributed by atoms with Crippen molar-refractivity contribution in [3.05, 3.63) is 67.0 Å². The van der Waals surface area contributed by atoms with Crippen LogP contribution in [0.2, 0.25) is 0 Å². The van der Waals surface area contributed by atoms with Gasteiger partial charge in [-0.3, -0.25) is 9.13 Å². The van der Waals surface area contributed by atoms with Gasteiger partial charge in [-0.25, -0.2) is 4.57 Å². The molecule has 0 radical (unpaired) electrons. The van der Waals surface area contributed by atoms with Gasteiger partial charge in [0.1, 0.15) is 11.2 Å². The molecule has 2 aromatic heterocycles. The Hall–Kier alpha value is -2.31. The molecule has 150 valence electrons. The average Bonchev–Trinajstić information content (AvgIpc) is 3.02. The molecule has 29 heavy (non-hydrogen) atoms. The standard InChI is InChI=1S/C19H17NO7P2/c21-28(22,23)19(29(24,25)26)12-20-9-7-13(8-10-20)14-5-6-18-16(11-14)15-3-1-2-4-17(15)27-18/h1-11,19H,12H2,(H3-,21,22,23,24,25,26)/p+1. The third-order valence-electron chi connectivity index (χ3n) is 4.75. The summed E-state index contributed by atoms with van der Waals surface area (Å²) in [4.78, 5) is 37.1. The predicted molar refractivity (Wildman–Crippen MR) is 107 cm³/mol. The minimum atomic E-state index is -4.97. The van der Waals surface area contributed by atoms with Crippen molar-refractivity contribution in [1.29, 1.82) is 0 Å². The summed E-state index contributed by atoms with van der Waals surface area (Å²) >= 11 is 0. The number of pyridine rings is 1. The topological polar surface area (TPSA) is 132 Å². The Kier molecular flexibility index (Phi) is 4.95. The van der Waals surface area contributed by atoms with Crippen molar-refractivity contribution in [2.75, 3.05) is 0 Å². The van der Waals surface area contributed by atoms with Crippen LogP contribution in [-0.4, -0.2) is 25.0 Å². The average molecular weight is 434 g/mol. The molecule has 0 saturated heterocycles. The number of fused-ring (bicyclic) bond motifs is 3. The Morgan fingerprint density at radius 3 is 2.07 bits per heavy atom. The number of aromatic nitrogens is 1. The van der Waals surface area contributed by atoms with Gasteiger partial charge in [-0.05, 0) is 29.3 Å². The Morgan fingerprint density at radius 1 is 0.793 bits per heavy atom. The van der Waals surface area contributed by atoms with Gasteiger partial charge in [0.15, 0.2) is 18.9 Å². The Balaban J connectivity index is 1.66. The Labute approximate surface area is 165 Å². The quantitative estimate of drug-likeness (QED) is 0.280. The van der Waals surface area contributed by atoms with Crippen LogP contribution >= 0.6 is 15.2 Å². The van der Waals surface area contributed by atoms with E-state index in [1.807, 2.05) is 42.5 Å². The molecule has 0 aliphatic carbocycles. The van der Waals surface area contributed by atoms with Gasteiger partial charge in [0, 0.05) is 22.9 Å². The molecule has 4 rings (SSSR count). The van der Waals surface area contributed by atoms with Gasteiger partial charge < -0.3 is 24.0 Å². The molecule has 4 N–H and O–H groups in total. The van der Waals surface area contributed by atoms with E-state index >= 15 is 0 Å². The van der Waals surface area contributed by atoms with E-state index in [0.29, 0.717) is 0 Å². The molecule has 0 spiro atoms. The van der Waals surface area contributed by atoms with Gasteiger partial charge in [-0.2, -0.15) is 0 Å². The molecule has 0 atom stereocenters. The molecule has 8 nitrogen and oxygen atoms in total. The van der Waals surface area contributed by atoms with Crippen molar-refractivity contribution in [2.45, 2.75) is 11.9 Å². The third-order valence-corrected chi connectivity index (χ3v) is 8.44. The van der Waals surface area contributed by atoms with E-state index in [-0.39, 0.29) is 0 Å². The summed E-state index contributed by atoms with van der Waals surface area (Å²) in [5, 5.41) is -0.112. The van der Waals surface area contributed by atoms with E-state index in [2.05, 4.69) is 0 Å².